The zero-order valence-corrected chi connectivity index (χ0v) is 15.5. The van der Waals surface area contributed by atoms with Gasteiger partial charge in [-0.3, -0.25) is 9.59 Å². The molecule has 0 unspecified atom stereocenters. The van der Waals surface area contributed by atoms with E-state index in [-0.39, 0.29) is 5.78 Å². The fraction of sp³-hybridized carbons (Fsp3) is 0.304. The lowest BCUT2D eigenvalue weighted by Gasteiger charge is -2.33. The third-order valence-electron chi connectivity index (χ3n) is 5.05. The van der Waals surface area contributed by atoms with Crippen molar-refractivity contribution in [2.75, 3.05) is 13.7 Å². The second-order valence-corrected chi connectivity index (χ2v) is 6.74. The zero-order valence-electron chi connectivity index (χ0n) is 15.5. The van der Waals surface area contributed by atoms with Crippen LogP contribution in [0.3, 0.4) is 0 Å². The van der Waals surface area contributed by atoms with Crippen molar-refractivity contribution in [2.24, 2.45) is 5.41 Å². The summed E-state index contributed by atoms with van der Waals surface area (Å²) in [5.74, 6) is -0.608. The van der Waals surface area contributed by atoms with Crippen LogP contribution in [0.25, 0.3) is 0 Å². The monoisotopic (exact) mass is 364 g/mol. The summed E-state index contributed by atoms with van der Waals surface area (Å²) >= 11 is 0. The van der Waals surface area contributed by atoms with Gasteiger partial charge >= 0.3 is 5.97 Å². The average molecular weight is 364 g/mol. The number of carbonyl (C=O) groups excluding carboxylic acids is 2. The van der Waals surface area contributed by atoms with Gasteiger partial charge in [0.05, 0.1) is 20.3 Å². The Morgan fingerprint density at radius 1 is 1.07 bits per heavy atom. The van der Waals surface area contributed by atoms with E-state index < -0.39 is 11.4 Å². The van der Waals surface area contributed by atoms with E-state index in [1.54, 1.807) is 6.07 Å². The molecular weight excluding hydrogens is 340 g/mol. The predicted molar refractivity (Wildman–Crippen MR) is 103 cm³/mol. The number of Topliss-reactive ketones (excluding diaryl/α,β-unsaturated/α-hetero) is 1. The molecule has 0 saturated carbocycles. The molecule has 4 heteroatoms. The first kappa shape index (κ1) is 19.1. The summed E-state index contributed by atoms with van der Waals surface area (Å²) in [6.07, 6.45) is 5.19. The number of ketones is 1. The highest BCUT2D eigenvalue weighted by atomic mass is 16.5. The smallest absolute Gasteiger partial charge is 0.320 e. The van der Waals surface area contributed by atoms with Crippen LogP contribution in [0.15, 0.2) is 66.7 Å². The molecule has 3 rings (SSSR count). The number of aryl methyl sites for hydroxylation is 1. The van der Waals surface area contributed by atoms with Crippen molar-refractivity contribution in [3.05, 3.63) is 83.4 Å². The molecular formula is C23H24O4. The number of esters is 1. The Labute approximate surface area is 159 Å². The van der Waals surface area contributed by atoms with Crippen LogP contribution in [0.1, 0.15) is 34.3 Å². The van der Waals surface area contributed by atoms with Crippen LogP contribution in [0.4, 0.5) is 0 Å². The maximum atomic E-state index is 13.1. The average Bonchev–Trinajstić information content (AvgIpc) is 2.72. The molecule has 0 saturated heterocycles. The van der Waals surface area contributed by atoms with Crippen LogP contribution in [0.2, 0.25) is 0 Å². The SMILES string of the molecule is COC(=O)[C@]1(C/C=C\COCc2ccccc2)CCc2ccccc2C1=O. The number of hydrogen-bond donors (Lipinski definition) is 0. The van der Waals surface area contributed by atoms with E-state index >= 15 is 0 Å². The number of methoxy groups -OCH3 is 1. The summed E-state index contributed by atoms with van der Waals surface area (Å²) < 4.78 is 10.6. The lowest BCUT2D eigenvalue weighted by atomic mass is 9.68. The van der Waals surface area contributed by atoms with E-state index in [2.05, 4.69) is 0 Å². The molecule has 0 heterocycles. The molecule has 1 aliphatic rings. The Balaban J connectivity index is 1.64. The van der Waals surface area contributed by atoms with E-state index in [0.29, 0.717) is 38.0 Å². The van der Waals surface area contributed by atoms with Crippen molar-refractivity contribution in [1.82, 2.24) is 0 Å². The van der Waals surface area contributed by atoms with E-state index in [0.717, 1.165) is 11.1 Å². The van der Waals surface area contributed by atoms with E-state index in [1.165, 1.54) is 7.11 Å². The van der Waals surface area contributed by atoms with Gasteiger partial charge in [-0.05, 0) is 30.4 Å². The fourth-order valence-electron chi connectivity index (χ4n) is 3.52. The van der Waals surface area contributed by atoms with Gasteiger partial charge < -0.3 is 9.47 Å². The van der Waals surface area contributed by atoms with Gasteiger partial charge in [-0.1, -0.05) is 66.7 Å². The maximum Gasteiger partial charge on any atom is 0.320 e. The van der Waals surface area contributed by atoms with Crippen LogP contribution in [0.5, 0.6) is 0 Å². The minimum Gasteiger partial charge on any atom is -0.468 e. The highest BCUT2D eigenvalue weighted by molar-refractivity contribution is 6.14. The Morgan fingerprint density at radius 3 is 2.59 bits per heavy atom. The maximum absolute atomic E-state index is 13.1. The van der Waals surface area contributed by atoms with Crippen LogP contribution in [-0.4, -0.2) is 25.5 Å². The molecule has 0 fully saturated rings. The molecule has 0 spiro atoms. The van der Waals surface area contributed by atoms with Crippen molar-refractivity contribution in [3.8, 4) is 0 Å². The largest absolute Gasteiger partial charge is 0.468 e. The van der Waals surface area contributed by atoms with Crippen molar-refractivity contribution in [2.45, 2.75) is 25.9 Å². The Hall–Kier alpha value is -2.72. The number of ether oxygens (including phenoxy) is 2. The standard InChI is InChI=1S/C23H24O4/c1-26-22(25)23(15-13-19-11-5-6-12-20(19)21(23)24)14-7-8-16-27-17-18-9-3-2-4-10-18/h2-12H,13-17H2,1H3/b8-7-/t23-/m1/s1. The first-order valence-corrected chi connectivity index (χ1v) is 9.15. The van der Waals surface area contributed by atoms with E-state index in [4.69, 9.17) is 9.47 Å². The Morgan fingerprint density at radius 2 is 1.81 bits per heavy atom. The summed E-state index contributed by atoms with van der Waals surface area (Å²) in [7, 11) is 1.34. The van der Waals surface area contributed by atoms with Crippen molar-refractivity contribution in [3.63, 3.8) is 0 Å². The molecule has 27 heavy (non-hydrogen) atoms. The summed E-state index contributed by atoms with van der Waals surface area (Å²) in [4.78, 5) is 25.6. The summed E-state index contributed by atoms with van der Waals surface area (Å²) in [5.41, 5.74) is 1.59. The first-order valence-electron chi connectivity index (χ1n) is 9.15. The zero-order chi connectivity index (χ0) is 19.1. The Bertz CT molecular complexity index is 825. The Kier molecular flexibility index (Phi) is 6.20. The number of rotatable bonds is 7. The van der Waals surface area contributed by atoms with Gasteiger partial charge in [0.2, 0.25) is 0 Å². The second-order valence-electron chi connectivity index (χ2n) is 6.74. The van der Waals surface area contributed by atoms with Crippen molar-refractivity contribution < 1.29 is 19.1 Å². The molecule has 0 radical (unpaired) electrons. The minimum absolute atomic E-state index is 0.147. The number of carbonyl (C=O) groups is 2. The van der Waals surface area contributed by atoms with Crippen molar-refractivity contribution >= 4 is 11.8 Å². The second kappa shape index (κ2) is 8.78. The van der Waals surface area contributed by atoms with E-state index in [9.17, 15) is 9.59 Å². The quantitative estimate of drug-likeness (QED) is 0.321. The van der Waals surface area contributed by atoms with Gasteiger partial charge in [-0.2, -0.15) is 0 Å². The molecule has 1 aliphatic carbocycles. The summed E-state index contributed by atoms with van der Waals surface area (Å²) in [6, 6.07) is 17.4. The summed E-state index contributed by atoms with van der Waals surface area (Å²) in [5, 5.41) is 0. The normalized spacial score (nSPS) is 19.1. The lowest BCUT2D eigenvalue weighted by molar-refractivity contribution is -0.150. The van der Waals surface area contributed by atoms with Gasteiger partial charge in [0.15, 0.2) is 5.78 Å². The molecule has 2 aromatic carbocycles. The molecule has 0 aliphatic heterocycles. The molecule has 2 aromatic rings. The van der Waals surface area contributed by atoms with Crippen LogP contribution < -0.4 is 0 Å². The van der Waals surface area contributed by atoms with Gasteiger partial charge in [0.1, 0.15) is 5.41 Å². The first-order chi connectivity index (χ1) is 13.2. The molecule has 0 bridgehead atoms. The number of allylic oxidation sites excluding steroid dienone is 1. The molecule has 0 N–H and O–H groups in total. The highest BCUT2D eigenvalue weighted by Crippen LogP contribution is 2.39. The lowest BCUT2D eigenvalue weighted by Crippen LogP contribution is -2.43. The fourth-order valence-corrected chi connectivity index (χ4v) is 3.52. The van der Waals surface area contributed by atoms with Gasteiger partial charge in [0.25, 0.3) is 0 Å². The van der Waals surface area contributed by atoms with Crippen LogP contribution >= 0.6 is 0 Å². The third kappa shape index (κ3) is 4.17. The van der Waals surface area contributed by atoms with Crippen LogP contribution in [-0.2, 0) is 27.3 Å². The van der Waals surface area contributed by atoms with E-state index in [1.807, 2.05) is 60.7 Å². The van der Waals surface area contributed by atoms with Gasteiger partial charge in [-0.25, -0.2) is 0 Å². The molecule has 0 amide bonds. The highest BCUT2D eigenvalue weighted by Gasteiger charge is 2.48. The predicted octanol–water partition coefficient (Wildman–Crippen LogP) is 4.14. The number of benzene rings is 2. The molecule has 4 nitrogen and oxygen atoms in total. The summed E-state index contributed by atoms with van der Waals surface area (Å²) in [6.45, 7) is 0.955. The van der Waals surface area contributed by atoms with Gasteiger partial charge in [0, 0.05) is 5.56 Å². The number of hydrogen-bond acceptors (Lipinski definition) is 4. The molecule has 0 aromatic heterocycles. The third-order valence-corrected chi connectivity index (χ3v) is 5.05. The number of fused-ring (bicyclic) bond motifs is 1. The topological polar surface area (TPSA) is 52.6 Å². The van der Waals surface area contributed by atoms with Gasteiger partial charge in [-0.15, -0.1) is 0 Å². The minimum atomic E-state index is -1.14. The van der Waals surface area contributed by atoms with Crippen LogP contribution in [0, 0.1) is 5.41 Å². The molecule has 1 atom stereocenters. The molecule has 140 valence electrons. The van der Waals surface area contributed by atoms with Crippen molar-refractivity contribution in [1.29, 1.82) is 0 Å².